The summed E-state index contributed by atoms with van der Waals surface area (Å²) in [5.41, 5.74) is 2.02. The molecule has 2 aromatic rings. The molecule has 1 aromatic carbocycles. The number of carbonyl (C=O) groups excluding carboxylic acids is 2. The first-order chi connectivity index (χ1) is 12.6. The van der Waals surface area contributed by atoms with Crippen LogP contribution in [0.5, 0.6) is 0 Å². The minimum atomic E-state index is -0.278. The highest BCUT2D eigenvalue weighted by Gasteiger charge is 2.38. The number of aromatic nitrogens is 2. The van der Waals surface area contributed by atoms with Gasteiger partial charge in [-0.05, 0) is 18.6 Å². The van der Waals surface area contributed by atoms with Crippen LogP contribution >= 0.6 is 0 Å². The van der Waals surface area contributed by atoms with E-state index in [9.17, 15) is 9.59 Å². The maximum absolute atomic E-state index is 12.6. The van der Waals surface area contributed by atoms with Gasteiger partial charge in [0.05, 0.1) is 11.7 Å². The lowest BCUT2D eigenvalue weighted by Gasteiger charge is -2.35. The standard InChI is InChI=1S/C18H21N5O3/c1-13-19-6-7-22(13)16-5-3-2-4-14(16)10-20-17(24)21-8-9-23-15(11-21)12-26-18(23)25/h2-7,15H,8-12H2,1H3,(H,20,24). The minimum Gasteiger partial charge on any atom is -0.447 e. The van der Waals surface area contributed by atoms with E-state index in [0.717, 1.165) is 17.1 Å². The molecule has 2 saturated heterocycles. The normalized spacial score (nSPS) is 19.3. The van der Waals surface area contributed by atoms with Crippen molar-refractivity contribution in [2.75, 3.05) is 26.2 Å². The van der Waals surface area contributed by atoms with Crippen molar-refractivity contribution in [2.24, 2.45) is 0 Å². The van der Waals surface area contributed by atoms with Crippen LogP contribution in [0, 0.1) is 6.92 Å². The first-order valence-corrected chi connectivity index (χ1v) is 8.68. The largest absolute Gasteiger partial charge is 0.447 e. The lowest BCUT2D eigenvalue weighted by atomic mass is 10.1. The van der Waals surface area contributed by atoms with Gasteiger partial charge in [0.1, 0.15) is 12.4 Å². The molecule has 136 valence electrons. The highest BCUT2D eigenvalue weighted by Crippen LogP contribution is 2.19. The molecule has 2 aliphatic rings. The Labute approximate surface area is 151 Å². The molecule has 1 N–H and O–H groups in total. The van der Waals surface area contributed by atoms with E-state index in [1.54, 1.807) is 16.0 Å². The maximum Gasteiger partial charge on any atom is 0.410 e. The predicted octanol–water partition coefficient (Wildman–Crippen LogP) is 1.53. The molecule has 4 rings (SSSR count). The summed E-state index contributed by atoms with van der Waals surface area (Å²) in [5, 5.41) is 2.99. The number of amides is 3. The summed E-state index contributed by atoms with van der Waals surface area (Å²) in [5.74, 6) is 0.894. The van der Waals surface area contributed by atoms with Crippen LogP contribution in [-0.2, 0) is 11.3 Å². The molecule has 0 radical (unpaired) electrons. The van der Waals surface area contributed by atoms with Gasteiger partial charge in [-0.3, -0.25) is 4.90 Å². The Kier molecular flexibility index (Phi) is 4.24. The van der Waals surface area contributed by atoms with E-state index in [2.05, 4.69) is 10.3 Å². The van der Waals surface area contributed by atoms with Crippen LogP contribution in [0.1, 0.15) is 11.4 Å². The molecular weight excluding hydrogens is 334 g/mol. The third-order valence-corrected chi connectivity index (χ3v) is 4.91. The first-order valence-electron chi connectivity index (χ1n) is 8.68. The molecule has 0 saturated carbocycles. The monoisotopic (exact) mass is 355 g/mol. The Morgan fingerprint density at radius 1 is 1.35 bits per heavy atom. The smallest absolute Gasteiger partial charge is 0.410 e. The number of rotatable bonds is 3. The SMILES string of the molecule is Cc1nccn1-c1ccccc1CNC(=O)N1CCN2C(=O)OCC2C1. The average Bonchev–Trinajstić information content (AvgIpc) is 3.25. The summed E-state index contributed by atoms with van der Waals surface area (Å²) in [6.45, 7) is 4.25. The summed E-state index contributed by atoms with van der Waals surface area (Å²) >= 11 is 0. The zero-order valence-electron chi connectivity index (χ0n) is 14.6. The third-order valence-electron chi connectivity index (χ3n) is 4.91. The van der Waals surface area contributed by atoms with Gasteiger partial charge in [0, 0.05) is 38.6 Å². The highest BCUT2D eigenvalue weighted by atomic mass is 16.6. The summed E-state index contributed by atoms with van der Waals surface area (Å²) in [7, 11) is 0. The number of ether oxygens (including phenoxy) is 1. The van der Waals surface area contributed by atoms with Gasteiger partial charge in [-0.1, -0.05) is 18.2 Å². The fourth-order valence-corrected chi connectivity index (χ4v) is 3.48. The molecule has 8 heteroatoms. The second kappa shape index (κ2) is 6.70. The van der Waals surface area contributed by atoms with E-state index in [-0.39, 0.29) is 18.2 Å². The zero-order chi connectivity index (χ0) is 18.1. The van der Waals surface area contributed by atoms with Gasteiger partial charge in [-0.2, -0.15) is 0 Å². The average molecular weight is 355 g/mol. The number of cyclic esters (lactones) is 1. The van der Waals surface area contributed by atoms with Crippen molar-refractivity contribution in [2.45, 2.75) is 19.5 Å². The summed E-state index contributed by atoms with van der Waals surface area (Å²) in [6, 6.07) is 7.77. The van der Waals surface area contributed by atoms with Crippen molar-refractivity contribution < 1.29 is 14.3 Å². The van der Waals surface area contributed by atoms with Crippen LogP contribution in [-0.4, -0.2) is 63.8 Å². The van der Waals surface area contributed by atoms with Gasteiger partial charge >= 0.3 is 12.1 Å². The number of carbonyl (C=O) groups is 2. The molecule has 0 bridgehead atoms. The molecule has 3 amide bonds. The molecule has 2 aliphatic heterocycles. The number of aryl methyl sites for hydroxylation is 1. The number of imidazole rings is 1. The van der Waals surface area contributed by atoms with Crippen molar-refractivity contribution in [3.63, 3.8) is 0 Å². The zero-order valence-corrected chi connectivity index (χ0v) is 14.6. The molecule has 1 unspecified atom stereocenters. The molecule has 8 nitrogen and oxygen atoms in total. The number of fused-ring (bicyclic) bond motifs is 1. The van der Waals surface area contributed by atoms with Gasteiger partial charge in [0.25, 0.3) is 0 Å². The van der Waals surface area contributed by atoms with E-state index >= 15 is 0 Å². The lowest BCUT2D eigenvalue weighted by molar-refractivity contribution is 0.127. The second-order valence-electron chi connectivity index (χ2n) is 6.50. The molecular formula is C18H21N5O3. The fourth-order valence-electron chi connectivity index (χ4n) is 3.48. The lowest BCUT2D eigenvalue weighted by Crippen LogP contribution is -2.55. The van der Waals surface area contributed by atoms with Crippen LogP contribution in [0.4, 0.5) is 9.59 Å². The van der Waals surface area contributed by atoms with E-state index in [1.807, 2.05) is 42.0 Å². The molecule has 2 fully saturated rings. The van der Waals surface area contributed by atoms with Crippen LogP contribution in [0.25, 0.3) is 5.69 Å². The van der Waals surface area contributed by atoms with Gasteiger partial charge < -0.3 is 19.5 Å². The molecule has 26 heavy (non-hydrogen) atoms. The number of urea groups is 1. The van der Waals surface area contributed by atoms with Gasteiger partial charge in [-0.15, -0.1) is 0 Å². The van der Waals surface area contributed by atoms with Crippen molar-refractivity contribution in [1.82, 2.24) is 24.7 Å². The van der Waals surface area contributed by atoms with Gasteiger partial charge in [0.2, 0.25) is 0 Å². The summed E-state index contributed by atoms with van der Waals surface area (Å²) < 4.78 is 7.05. The number of nitrogens with zero attached hydrogens (tertiary/aromatic N) is 4. The Bertz CT molecular complexity index is 834. The molecule has 0 spiro atoms. The predicted molar refractivity (Wildman–Crippen MR) is 94.0 cm³/mol. The number of para-hydroxylation sites is 1. The van der Waals surface area contributed by atoms with E-state index in [1.165, 1.54) is 0 Å². The Hall–Kier alpha value is -3.03. The van der Waals surface area contributed by atoms with Crippen LogP contribution < -0.4 is 5.32 Å². The molecule has 0 aliphatic carbocycles. The first kappa shape index (κ1) is 16.4. The quantitative estimate of drug-likeness (QED) is 0.905. The third kappa shape index (κ3) is 2.98. The van der Waals surface area contributed by atoms with Crippen molar-refractivity contribution >= 4 is 12.1 Å². The van der Waals surface area contributed by atoms with Crippen molar-refractivity contribution in [3.8, 4) is 5.69 Å². The van der Waals surface area contributed by atoms with E-state index in [4.69, 9.17) is 4.74 Å². The topological polar surface area (TPSA) is 79.7 Å². The number of piperazine rings is 1. The number of nitrogens with one attached hydrogen (secondary N) is 1. The highest BCUT2D eigenvalue weighted by molar-refractivity contribution is 5.76. The Morgan fingerprint density at radius 2 is 2.19 bits per heavy atom. The van der Waals surface area contributed by atoms with Gasteiger partial charge in [-0.25, -0.2) is 14.6 Å². The van der Waals surface area contributed by atoms with E-state index in [0.29, 0.717) is 32.8 Å². The van der Waals surface area contributed by atoms with Crippen molar-refractivity contribution in [1.29, 1.82) is 0 Å². The second-order valence-corrected chi connectivity index (χ2v) is 6.50. The van der Waals surface area contributed by atoms with Gasteiger partial charge in [0.15, 0.2) is 0 Å². The Morgan fingerprint density at radius 3 is 3.00 bits per heavy atom. The number of hydrogen-bond donors (Lipinski definition) is 1. The molecule has 1 atom stereocenters. The van der Waals surface area contributed by atoms with Crippen molar-refractivity contribution in [3.05, 3.63) is 48.0 Å². The number of hydrogen-bond acceptors (Lipinski definition) is 4. The molecule has 3 heterocycles. The molecule has 1 aromatic heterocycles. The van der Waals surface area contributed by atoms with E-state index < -0.39 is 0 Å². The number of benzene rings is 1. The van der Waals surface area contributed by atoms with Crippen LogP contribution in [0.3, 0.4) is 0 Å². The van der Waals surface area contributed by atoms with Crippen LogP contribution in [0.2, 0.25) is 0 Å². The maximum atomic E-state index is 12.6. The summed E-state index contributed by atoms with van der Waals surface area (Å²) in [4.78, 5) is 31.8. The fraction of sp³-hybridized carbons (Fsp3) is 0.389. The minimum absolute atomic E-state index is 0.0390. The summed E-state index contributed by atoms with van der Waals surface area (Å²) in [6.07, 6.45) is 3.39. The van der Waals surface area contributed by atoms with Crippen LogP contribution in [0.15, 0.2) is 36.7 Å². The Balaban J connectivity index is 1.41.